The number of fused-ring (bicyclic) bond motifs is 1. The van der Waals surface area contributed by atoms with Crippen molar-refractivity contribution >= 4 is 34.4 Å². The van der Waals surface area contributed by atoms with Gasteiger partial charge < -0.3 is 25.4 Å². The Kier molecular flexibility index (Phi) is 9.93. The summed E-state index contributed by atoms with van der Waals surface area (Å²) in [6, 6.07) is 17.5. The maximum absolute atomic E-state index is 14.1. The van der Waals surface area contributed by atoms with Crippen LogP contribution in [0.25, 0.3) is 10.8 Å². The molecule has 8 nitrogen and oxygen atoms in total. The minimum atomic E-state index is -1.13. The lowest BCUT2D eigenvalue weighted by Crippen LogP contribution is -2.54. The average molecular weight is 546 g/mol. The van der Waals surface area contributed by atoms with E-state index in [0.29, 0.717) is 17.7 Å². The summed E-state index contributed by atoms with van der Waals surface area (Å²) >= 11 is 0. The average Bonchev–Trinajstić information content (AvgIpc) is 2.89. The van der Waals surface area contributed by atoms with Crippen molar-refractivity contribution in [3.05, 3.63) is 84.9 Å². The van der Waals surface area contributed by atoms with Crippen LogP contribution in [0.3, 0.4) is 0 Å². The molecule has 0 aliphatic heterocycles. The second-order valence-electron chi connectivity index (χ2n) is 10.8. The van der Waals surface area contributed by atoms with Gasteiger partial charge in [-0.25, -0.2) is 4.79 Å². The van der Waals surface area contributed by atoms with Gasteiger partial charge >= 0.3 is 6.09 Å². The molecule has 0 aromatic heterocycles. The third-order valence-corrected chi connectivity index (χ3v) is 6.52. The summed E-state index contributed by atoms with van der Waals surface area (Å²) in [4.78, 5) is 42.1. The first-order valence-corrected chi connectivity index (χ1v) is 13.4. The van der Waals surface area contributed by atoms with Crippen molar-refractivity contribution in [2.75, 3.05) is 11.9 Å². The van der Waals surface area contributed by atoms with E-state index in [2.05, 4.69) is 17.2 Å². The number of rotatable bonds is 10. The van der Waals surface area contributed by atoms with E-state index in [0.717, 1.165) is 10.8 Å². The highest BCUT2D eigenvalue weighted by molar-refractivity contribution is 6.00. The van der Waals surface area contributed by atoms with Gasteiger partial charge in [-0.3, -0.25) is 9.59 Å². The molecule has 0 spiro atoms. The molecular weight excluding hydrogens is 506 g/mol. The van der Waals surface area contributed by atoms with Gasteiger partial charge in [0.25, 0.3) is 5.91 Å². The minimum absolute atomic E-state index is 0.0211. The SMILES string of the molecule is C=CCN(C(=O)C(NC(=O)OC(C)(C)C)C(C)CC)C(C(=O)Nc1ccc2ccccc2c1)c1cccc(O)c1. The Morgan fingerprint density at radius 3 is 2.35 bits per heavy atom. The van der Waals surface area contributed by atoms with Gasteiger partial charge in [0.15, 0.2) is 0 Å². The number of benzene rings is 3. The van der Waals surface area contributed by atoms with Crippen LogP contribution in [-0.2, 0) is 14.3 Å². The van der Waals surface area contributed by atoms with Crippen molar-refractivity contribution in [1.29, 1.82) is 0 Å². The molecule has 0 aliphatic carbocycles. The molecule has 0 fully saturated rings. The molecule has 3 rings (SSSR count). The summed E-state index contributed by atoms with van der Waals surface area (Å²) in [5.74, 6) is -1.25. The van der Waals surface area contributed by atoms with E-state index in [9.17, 15) is 19.5 Å². The molecule has 3 N–H and O–H groups in total. The Hall–Kier alpha value is -4.33. The number of anilines is 1. The number of ether oxygens (including phenoxy) is 1. The normalized spacial score (nSPS) is 13.5. The largest absolute Gasteiger partial charge is 0.508 e. The lowest BCUT2D eigenvalue weighted by atomic mass is 9.95. The van der Waals surface area contributed by atoms with Crippen molar-refractivity contribution < 1.29 is 24.2 Å². The highest BCUT2D eigenvalue weighted by Gasteiger charge is 2.37. The monoisotopic (exact) mass is 545 g/mol. The standard InChI is InChI=1S/C32H39N3O5/c1-7-18-35(30(38)27(21(3)8-2)34-31(39)40-32(4,5)6)28(24-14-11-15-26(36)20-24)29(37)33-25-17-16-22-12-9-10-13-23(22)19-25/h7,9-17,19-21,27-28,36H,1,8,18H2,2-6H3,(H,33,37)(H,34,39). The second-order valence-corrected chi connectivity index (χ2v) is 10.8. The fourth-order valence-electron chi connectivity index (χ4n) is 4.40. The number of amides is 3. The predicted octanol–water partition coefficient (Wildman–Crippen LogP) is 6.18. The zero-order valence-corrected chi connectivity index (χ0v) is 23.8. The van der Waals surface area contributed by atoms with Gasteiger partial charge in [0.2, 0.25) is 5.91 Å². The summed E-state index contributed by atoms with van der Waals surface area (Å²) in [5, 5.41) is 17.9. The fraction of sp³-hybridized carbons (Fsp3) is 0.344. The number of phenols is 1. The molecule has 0 bridgehead atoms. The summed E-state index contributed by atoms with van der Waals surface area (Å²) in [5.41, 5.74) is 0.219. The van der Waals surface area contributed by atoms with Crippen LogP contribution in [0.15, 0.2) is 79.4 Å². The molecule has 8 heteroatoms. The number of phenolic OH excluding ortho intramolecular Hbond substituents is 1. The lowest BCUT2D eigenvalue weighted by Gasteiger charge is -2.35. The molecule has 212 valence electrons. The number of alkyl carbamates (subject to hydrolysis) is 1. The molecule has 0 saturated heterocycles. The van der Waals surface area contributed by atoms with E-state index in [-0.39, 0.29) is 18.2 Å². The Morgan fingerprint density at radius 1 is 1.02 bits per heavy atom. The summed E-state index contributed by atoms with van der Waals surface area (Å²) in [6.07, 6.45) is 1.39. The van der Waals surface area contributed by atoms with Gasteiger partial charge in [-0.2, -0.15) is 0 Å². The van der Waals surface area contributed by atoms with Crippen LogP contribution < -0.4 is 10.6 Å². The zero-order chi connectivity index (χ0) is 29.4. The summed E-state index contributed by atoms with van der Waals surface area (Å²) in [6.45, 7) is 12.8. The van der Waals surface area contributed by atoms with Crippen LogP contribution in [0.5, 0.6) is 5.75 Å². The summed E-state index contributed by atoms with van der Waals surface area (Å²) < 4.78 is 5.42. The maximum atomic E-state index is 14.1. The minimum Gasteiger partial charge on any atom is -0.508 e. The third kappa shape index (κ3) is 7.85. The Morgan fingerprint density at radius 2 is 1.73 bits per heavy atom. The van der Waals surface area contributed by atoms with Crippen LogP contribution in [0.4, 0.5) is 10.5 Å². The van der Waals surface area contributed by atoms with Crippen molar-refractivity contribution in [1.82, 2.24) is 10.2 Å². The highest BCUT2D eigenvalue weighted by Crippen LogP contribution is 2.29. The molecule has 0 radical (unpaired) electrons. The highest BCUT2D eigenvalue weighted by atomic mass is 16.6. The van der Waals surface area contributed by atoms with E-state index in [4.69, 9.17) is 4.74 Å². The van der Waals surface area contributed by atoms with E-state index >= 15 is 0 Å². The fourth-order valence-corrected chi connectivity index (χ4v) is 4.40. The first-order valence-electron chi connectivity index (χ1n) is 13.4. The number of hydrogen-bond donors (Lipinski definition) is 3. The van der Waals surface area contributed by atoms with Crippen LogP contribution in [0, 0.1) is 5.92 Å². The lowest BCUT2D eigenvalue weighted by molar-refractivity contribution is -0.141. The molecule has 3 aromatic carbocycles. The van der Waals surface area contributed by atoms with Crippen molar-refractivity contribution in [3.8, 4) is 5.75 Å². The van der Waals surface area contributed by atoms with Crippen LogP contribution in [0.2, 0.25) is 0 Å². The molecule has 3 aromatic rings. The number of carbonyl (C=O) groups excluding carboxylic acids is 3. The van der Waals surface area contributed by atoms with E-state index in [1.54, 1.807) is 39.0 Å². The molecule has 3 amide bonds. The first kappa shape index (κ1) is 30.2. The van der Waals surface area contributed by atoms with Gasteiger partial charge in [0.05, 0.1) is 0 Å². The zero-order valence-electron chi connectivity index (χ0n) is 23.8. The molecule has 0 heterocycles. The van der Waals surface area contributed by atoms with Crippen LogP contribution >= 0.6 is 0 Å². The van der Waals surface area contributed by atoms with E-state index in [1.807, 2.05) is 50.2 Å². The molecule has 0 aliphatic rings. The second kappa shape index (κ2) is 13.2. The van der Waals surface area contributed by atoms with Gasteiger partial charge in [0, 0.05) is 12.2 Å². The van der Waals surface area contributed by atoms with E-state index < -0.39 is 35.6 Å². The van der Waals surface area contributed by atoms with Gasteiger partial charge in [-0.05, 0) is 67.3 Å². The van der Waals surface area contributed by atoms with Crippen LogP contribution in [0.1, 0.15) is 52.6 Å². The number of nitrogens with one attached hydrogen (secondary N) is 2. The molecule has 40 heavy (non-hydrogen) atoms. The van der Waals surface area contributed by atoms with Gasteiger partial charge in [-0.15, -0.1) is 6.58 Å². The predicted molar refractivity (Wildman–Crippen MR) is 158 cm³/mol. The van der Waals surface area contributed by atoms with Crippen molar-refractivity contribution in [3.63, 3.8) is 0 Å². The maximum Gasteiger partial charge on any atom is 0.408 e. The van der Waals surface area contributed by atoms with Crippen molar-refractivity contribution in [2.24, 2.45) is 5.92 Å². The molecule has 3 atom stereocenters. The molecule has 3 unspecified atom stereocenters. The number of aromatic hydroxyl groups is 1. The van der Waals surface area contributed by atoms with Crippen LogP contribution in [-0.4, -0.2) is 46.1 Å². The Balaban J connectivity index is 2.02. The number of carbonyl (C=O) groups is 3. The van der Waals surface area contributed by atoms with Gasteiger partial charge in [-0.1, -0.05) is 68.8 Å². The molecular formula is C32H39N3O5. The van der Waals surface area contributed by atoms with E-state index in [1.165, 1.54) is 23.1 Å². The Bertz CT molecular complexity index is 1360. The summed E-state index contributed by atoms with van der Waals surface area (Å²) in [7, 11) is 0. The Labute approximate surface area is 236 Å². The van der Waals surface area contributed by atoms with Gasteiger partial charge in [0.1, 0.15) is 23.4 Å². The number of hydrogen-bond acceptors (Lipinski definition) is 5. The first-order chi connectivity index (χ1) is 18.9. The molecule has 0 saturated carbocycles. The quantitative estimate of drug-likeness (QED) is 0.264. The third-order valence-electron chi connectivity index (χ3n) is 6.52. The topological polar surface area (TPSA) is 108 Å². The van der Waals surface area contributed by atoms with Crippen molar-refractivity contribution in [2.45, 2.75) is 58.7 Å². The number of nitrogens with zero attached hydrogens (tertiary/aromatic N) is 1. The smallest absolute Gasteiger partial charge is 0.408 e.